The lowest BCUT2D eigenvalue weighted by Gasteiger charge is -2.11. The Bertz CT molecular complexity index is 352. The predicted octanol–water partition coefficient (Wildman–Crippen LogP) is 0.447. The van der Waals surface area contributed by atoms with E-state index in [4.69, 9.17) is 16.6 Å². The van der Waals surface area contributed by atoms with Crippen molar-refractivity contribution in [3.05, 3.63) is 23.4 Å². The van der Waals surface area contributed by atoms with Crippen molar-refractivity contribution in [2.75, 3.05) is 5.73 Å². The molecule has 1 heterocycles. The molecule has 5 N–H and O–H groups in total. The van der Waals surface area contributed by atoms with Crippen LogP contribution >= 0.6 is 0 Å². The van der Waals surface area contributed by atoms with E-state index >= 15 is 0 Å². The lowest BCUT2D eigenvalue weighted by atomic mass is 10.0. The van der Waals surface area contributed by atoms with Crippen LogP contribution in [0.4, 0.5) is 5.82 Å². The smallest absolute Gasteiger partial charge is 0.305 e. The summed E-state index contributed by atoms with van der Waals surface area (Å²) in [6.07, 6.45) is -0.105. The second-order valence-corrected chi connectivity index (χ2v) is 3.12. The standard InChI is InChI=1S/C9H13N3O2/c1-5-6(2-3-8(11)12-5)7(10)4-9(13)14/h2-3,7H,4,10H2,1H3,(H2,11,12)(H,13,14)/t7-/m1/s1. The number of hydrogen-bond donors (Lipinski definition) is 3. The van der Waals surface area contributed by atoms with Crippen molar-refractivity contribution in [3.63, 3.8) is 0 Å². The van der Waals surface area contributed by atoms with Crippen LogP contribution in [0.5, 0.6) is 0 Å². The van der Waals surface area contributed by atoms with Gasteiger partial charge in [0.2, 0.25) is 0 Å². The van der Waals surface area contributed by atoms with E-state index < -0.39 is 12.0 Å². The third kappa shape index (κ3) is 2.43. The van der Waals surface area contributed by atoms with E-state index in [0.29, 0.717) is 11.5 Å². The summed E-state index contributed by atoms with van der Waals surface area (Å²) in [4.78, 5) is 14.4. The molecule has 5 heteroatoms. The zero-order chi connectivity index (χ0) is 10.7. The average Bonchev–Trinajstić information content (AvgIpc) is 2.01. The molecule has 0 radical (unpaired) electrons. The number of aromatic nitrogens is 1. The molecular formula is C9H13N3O2. The molecule has 1 rings (SSSR count). The number of aliphatic carboxylic acids is 1. The highest BCUT2D eigenvalue weighted by atomic mass is 16.4. The highest BCUT2D eigenvalue weighted by molar-refractivity contribution is 5.68. The minimum absolute atomic E-state index is 0.105. The lowest BCUT2D eigenvalue weighted by molar-refractivity contribution is -0.137. The van der Waals surface area contributed by atoms with Gasteiger partial charge in [-0.1, -0.05) is 6.07 Å². The first kappa shape index (κ1) is 10.5. The van der Waals surface area contributed by atoms with Crippen molar-refractivity contribution in [2.45, 2.75) is 19.4 Å². The maximum atomic E-state index is 10.4. The summed E-state index contributed by atoms with van der Waals surface area (Å²) in [6.45, 7) is 1.76. The van der Waals surface area contributed by atoms with Crippen molar-refractivity contribution in [3.8, 4) is 0 Å². The molecule has 0 aliphatic heterocycles. The Morgan fingerprint density at radius 3 is 2.79 bits per heavy atom. The second kappa shape index (κ2) is 4.06. The van der Waals surface area contributed by atoms with Gasteiger partial charge in [-0.25, -0.2) is 4.98 Å². The Morgan fingerprint density at radius 2 is 2.29 bits per heavy atom. The van der Waals surface area contributed by atoms with Crippen molar-refractivity contribution in [1.82, 2.24) is 4.98 Å². The van der Waals surface area contributed by atoms with E-state index in [1.807, 2.05) is 0 Å². The Hall–Kier alpha value is -1.62. The number of aryl methyl sites for hydroxylation is 1. The molecule has 76 valence electrons. The van der Waals surface area contributed by atoms with Crippen molar-refractivity contribution in [1.29, 1.82) is 0 Å². The van der Waals surface area contributed by atoms with Gasteiger partial charge in [0.15, 0.2) is 0 Å². The molecule has 0 aliphatic carbocycles. The largest absolute Gasteiger partial charge is 0.481 e. The van der Waals surface area contributed by atoms with Gasteiger partial charge >= 0.3 is 5.97 Å². The Kier molecular flexibility index (Phi) is 3.03. The van der Waals surface area contributed by atoms with E-state index in [1.54, 1.807) is 19.1 Å². The molecule has 1 aromatic heterocycles. The first-order valence-electron chi connectivity index (χ1n) is 4.21. The molecular weight excluding hydrogens is 182 g/mol. The van der Waals surface area contributed by atoms with Gasteiger partial charge in [-0.2, -0.15) is 0 Å². The van der Waals surface area contributed by atoms with Gasteiger partial charge < -0.3 is 16.6 Å². The van der Waals surface area contributed by atoms with Crippen LogP contribution < -0.4 is 11.5 Å². The van der Waals surface area contributed by atoms with Crippen LogP contribution in [0.25, 0.3) is 0 Å². The van der Waals surface area contributed by atoms with Crippen molar-refractivity contribution < 1.29 is 9.90 Å². The fourth-order valence-corrected chi connectivity index (χ4v) is 1.28. The molecule has 0 aliphatic rings. The molecule has 0 saturated carbocycles. The zero-order valence-electron chi connectivity index (χ0n) is 7.90. The van der Waals surface area contributed by atoms with Gasteiger partial charge in [0.05, 0.1) is 6.42 Å². The van der Waals surface area contributed by atoms with E-state index in [9.17, 15) is 4.79 Å². The Morgan fingerprint density at radius 1 is 1.64 bits per heavy atom. The molecule has 0 amide bonds. The number of nitrogen functional groups attached to an aromatic ring is 1. The number of nitrogens with two attached hydrogens (primary N) is 2. The summed E-state index contributed by atoms with van der Waals surface area (Å²) in [5.41, 5.74) is 12.5. The van der Waals surface area contributed by atoms with E-state index in [0.717, 1.165) is 5.56 Å². The first-order chi connectivity index (χ1) is 6.50. The number of anilines is 1. The van der Waals surface area contributed by atoms with E-state index in [-0.39, 0.29) is 6.42 Å². The van der Waals surface area contributed by atoms with Crippen LogP contribution in [0.1, 0.15) is 23.7 Å². The monoisotopic (exact) mass is 195 g/mol. The summed E-state index contributed by atoms with van der Waals surface area (Å²) < 4.78 is 0. The topological polar surface area (TPSA) is 102 Å². The molecule has 0 fully saturated rings. The molecule has 0 spiro atoms. The Labute approximate surface area is 81.7 Å². The van der Waals surface area contributed by atoms with Gasteiger partial charge in [-0.05, 0) is 18.6 Å². The molecule has 0 aromatic carbocycles. The second-order valence-electron chi connectivity index (χ2n) is 3.12. The van der Waals surface area contributed by atoms with Crippen LogP contribution in [-0.2, 0) is 4.79 Å². The van der Waals surface area contributed by atoms with Crippen LogP contribution in [0.2, 0.25) is 0 Å². The average molecular weight is 195 g/mol. The predicted molar refractivity (Wildman–Crippen MR) is 52.6 cm³/mol. The number of hydrogen-bond acceptors (Lipinski definition) is 4. The molecule has 5 nitrogen and oxygen atoms in total. The third-order valence-corrected chi connectivity index (χ3v) is 1.94. The van der Waals surface area contributed by atoms with Gasteiger partial charge in [0.25, 0.3) is 0 Å². The molecule has 1 aromatic rings. The molecule has 0 saturated heterocycles. The molecule has 0 unspecified atom stereocenters. The third-order valence-electron chi connectivity index (χ3n) is 1.94. The summed E-state index contributed by atoms with van der Waals surface area (Å²) in [7, 11) is 0. The number of carboxylic acids is 1. The minimum atomic E-state index is -0.922. The van der Waals surface area contributed by atoms with Crippen LogP contribution in [0, 0.1) is 6.92 Å². The number of carbonyl (C=O) groups is 1. The summed E-state index contributed by atoms with van der Waals surface area (Å²) in [5.74, 6) is -0.512. The van der Waals surface area contributed by atoms with Crippen molar-refractivity contribution in [2.24, 2.45) is 5.73 Å². The number of carboxylic acid groups (broad SMARTS) is 1. The van der Waals surface area contributed by atoms with Crippen LogP contribution in [0.3, 0.4) is 0 Å². The molecule has 1 atom stereocenters. The summed E-state index contributed by atoms with van der Waals surface area (Å²) in [5, 5.41) is 8.57. The van der Waals surface area contributed by atoms with Gasteiger partial charge in [-0.3, -0.25) is 4.79 Å². The zero-order valence-corrected chi connectivity index (χ0v) is 7.90. The minimum Gasteiger partial charge on any atom is -0.481 e. The SMILES string of the molecule is Cc1nc(N)ccc1[C@H](N)CC(=O)O. The molecule has 14 heavy (non-hydrogen) atoms. The van der Waals surface area contributed by atoms with E-state index in [2.05, 4.69) is 4.98 Å². The maximum Gasteiger partial charge on any atom is 0.305 e. The van der Waals surface area contributed by atoms with Crippen LogP contribution in [-0.4, -0.2) is 16.1 Å². The van der Waals surface area contributed by atoms with Gasteiger partial charge in [0.1, 0.15) is 5.82 Å². The van der Waals surface area contributed by atoms with Gasteiger partial charge in [-0.15, -0.1) is 0 Å². The highest BCUT2D eigenvalue weighted by Crippen LogP contribution is 2.17. The van der Waals surface area contributed by atoms with E-state index in [1.165, 1.54) is 0 Å². The fourth-order valence-electron chi connectivity index (χ4n) is 1.28. The number of nitrogens with zero attached hydrogens (tertiary/aromatic N) is 1. The van der Waals surface area contributed by atoms with Crippen LogP contribution in [0.15, 0.2) is 12.1 Å². The normalized spacial score (nSPS) is 12.4. The number of rotatable bonds is 3. The van der Waals surface area contributed by atoms with Gasteiger partial charge in [0, 0.05) is 11.7 Å². The highest BCUT2D eigenvalue weighted by Gasteiger charge is 2.13. The number of pyridine rings is 1. The summed E-state index contributed by atoms with van der Waals surface area (Å²) in [6, 6.07) is 2.80. The first-order valence-corrected chi connectivity index (χ1v) is 4.21. The maximum absolute atomic E-state index is 10.4. The lowest BCUT2D eigenvalue weighted by Crippen LogP contribution is -2.16. The van der Waals surface area contributed by atoms with Crippen molar-refractivity contribution >= 4 is 11.8 Å². The Balaban J connectivity index is 2.90. The fraction of sp³-hybridized carbons (Fsp3) is 0.333. The molecule has 0 bridgehead atoms. The quantitative estimate of drug-likeness (QED) is 0.649. The summed E-state index contributed by atoms with van der Waals surface area (Å²) >= 11 is 0.